The minimum atomic E-state index is -0.769. The molecule has 6 nitrogen and oxygen atoms in total. The molecule has 1 heterocycles. The third-order valence-corrected chi connectivity index (χ3v) is 2.51. The van der Waals surface area contributed by atoms with Crippen LogP contribution in [0, 0.1) is 0 Å². The van der Waals surface area contributed by atoms with E-state index < -0.39 is 5.43 Å². The Balaban J connectivity index is 2.14. The molecule has 0 aliphatic carbocycles. The molecular weight excluding hydrogens is 258 g/mol. The quantitative estimate of drug-likeness (QED) is 0.604. The van der Waals surface area contributed by atoms with Gasteiger partial charge in [0.2, 0.25) is 0 Å². The van der Waals surface area contributed by atoms with Gasteiger partial charge in [0, 0.05) is 24.3 Å². The van der Waals surface area contributed by atoms with Gasteiger partial charge in [-0.3, -0.25) is 4.57 Å². The van der Waals surface area contributed by atoms with Crippen molar-refractivity contribution in [1.29, 1.82) is 0 Å². The first-order chi connectivity index (χ1) is 8.59. The summed E-state index contributed by atoms with van der Waals surface area (Å²) in [7, 11) is 0. The number of hydrogen-bond acceptors (Lipinski definition) is 5. The molecule has 7 heteroatoms. The van der Waals surface area contributed by atoms with Crippen LogP contribution < -0.4 is 11.4 Å². The van der Waals surface area contributed by atoms with E-state index in [2.05, 4.69) is 9.72 Å². The summed E-state index contributed by atoms with van der Waals surface area (Å²) in [5, 5.41) is 0. The molecular formula is C11H16ClN3O3. The van der Waals surface area contributed by atoms with Crippen molar-refractivity contribution in [1.82, 2.24) is 9.55 Å². The van der Waals surface area contributed by atoms with Crippen LogP contribution in [0.5, 0.6) is 0 Å². The molecule has 0 atom stereocenters. The molecule has 1 aromatic heterocycles. The third-order valence-electron chi connectivity index (χ3n) is 2.40. The van der Waals surface area contributed by atoms with E-state index in [0.29, 0.717) is 13.2 Å². The lowest BCUT2D eigenvalue weighted by atomic mass is 10.2. The Morgan fingerprint density at radius 1 is 1.39 bits per heavy atom. The lowest BCUT2D eigenvalue weighted by molar-refractivity contribution is 0.170. The summed E-state index contributed by atoms with van der Waals surface area (Å²) in [5.74, 6) is 0.235. The van der Waals surface area contributed by atoms with Gasteiger partial charge in [-0.2, -0.15) is 4.98 Å². The normalized spacial score (nSPS) is 10.3. The first-order valence-electron chi connectivity index (χ1n) is 5.75. The van der Waals surface area contributed by atoms with Crippen molar-refractivity contribution in [3.63, 3.8) is 0 Å². The van der Waals surface area contributed by atoms with Gasteiger partial charge in [-0.1, -0.05) is 6.42 Å². The van der Waals surface area contributed by atoms with Crippen molar-refractivity contribution in [2.45, 2.75) is 32.2 Å². The van der Waals surface area contributed by atoms with E-state index in [-0.39, 0.29) is 11.5 Å². The highest BCUT2D eigenvalue weighted by Gasteiger charge is 1.98. The SMILES string of the molecule is Nc1ccn(CCCCCCOC(=O)Cl)c(=O)n1. The van der Waals surface area contributed by atoms with Gasteiger partial charge >= 0.3 is 11.1 Å². The van der Waals surface area contributed by atoms with E-state index in [4.69, 9.17) is 17.3 Å². The number of aryl methyl sites for hydroxylation is 1. The molecule has 0 aliphatic heterocycles. The lowest BCUT2D eigenvalue weighted by Crippen LogP contribution is -2.23. The summed E-state index contributed by atoms with van der Waals surface area (Å²) in [6.45, 7) is 0.952. The number of unbranched alkanes of at least 4 members (excludes halogenated alkanes) is 3. The van der Waals surface area contributed by atoms with E-state index in [1.165, 1.54) is 4.57 Å². The Morgan fingerprint density at radius 2 is 2.11 bits per heavy atom. The summed E-state index contributed by atoms with van der Waals surface area (Å²) < 4.78 is 6.11. The third kappa shape index (κ3) is 5.67. The summed E-state index contributed by atoms with van der Waals surface area (Å²) >= 11 is 5.01. The molecule has 0 radical (unpaired) electrons. The van der Waals surface area contributed by atoms with Crippen LogP contribution in [0.2, 0.25) is 0 Å². The summed E-state index contributed by atoms with van der Waals surface area (Å²) in [6.07, 6.45) is 5.13. The van der Waals surface area contributed by atoms with Crippen LogP contribution in [0.1, 0.15) is 25.7 Å². The van der Waals surface area contributed by atoms with Gasteiger partial charge in [0.05, 0.1) is 6.61 Å². The van der Waals surface area contributed by atoms with E-state index in [1.807, 2.05) is 0 Å². The zero-order chi connectivity index (χ0) is 13.4. The van der Waals surface area contributed by atoms with Crippen LogP contribution in [0.25, 0.3) is 0 Å². The lowest BCUT2D eigenvalue weighted by Gasteiger charge is -2.05. The topological polar surface area (TPSA) is 87.2 Å². The van der Waals surface area contributed by atoms with Gasteiger partial charge in [-0.15, -0.1) is 0 Å². The number of carbonyl (C=O) groups is 1. The Labute approximate surface area is 110 Å². The number of nitrogens with two attached hydrogens (primary N) is 1. The zero-order valence-corrected chi connectivity index (χ0v) is 10.7. The van der Waals surface area contributed by atoms with Crippen molar-refractivity contribution < 1.29 is 9.53 Å². The predicted molar refractivity (Wildman–Crippen MR) is 68.6 cm³/mol. The fourth-order valence-corrected chi connectivity index (χ4v) is 1.58. The molecule has 0 bridgehead atoms. The second kappa shape index (κ2) is 7.71. The molecule has 0 amide bonds. The summed E-state index contributed by atoms with van der Waals surface area (Å²) in [5.41, 5.74) is 4.29. The molecule has 0 aliphatic rings. The van der Waals surface area contributed by atoms with Crippen molar-refractivity contribution in [2.24, 2.45) is 0 Å². The van der Waals surface area contributed by atoms with Gasteiger partial charge in [-0.25, -0.2) is 9.59 Å². The molecule has 0 fully saturated rings. The van der Waals surface area contributed by atoms with Crippen molar-refractivity contribution in [3.05, 3.63) is 22.7 Å². The average molecular weight is 274 g/mol. The van der Waals surface area contributed by atoms with E-state index in [9.17, 15) is 9.59 Å². The fourth-order valence-electron chi connectivity index (χ4n) is 1.50. The fraction of sp³-hybridized carbons (Fsp3) is 0.545. The monoisotopic (exact) mass is 273 g/mol. The van der Waals surface area contributed by atoms with Gasteiger partial charge in [0.25, 0.3) is 0 Å². The molecule has 0 saturated heterocycles. The summed E-state index contributed by atoms with van der Waals surface area (Å²) in [4.78, 5) is 25.3. The van der Waals surface area contributed by atoms with E-state index in [1.54, 1.807) is 12.3 Å². The Hall–Kier alpha value is -1.56. The van der Waals surface area contributed by atoms with Crippen LogP contribution >= 0.6 is 11.6 Å². The van der Waals surface area contributed by atoms with Crippen molar-refractivity contribution in [3.8, 4) is 0 Å². The number of halogens is 1. The van der Waals surface area contributed by atoms with Gasteiger partial charge < -0.3 is 10.5 Å². The molecule has 2 N–H and O–H groups in total. The average Bonchev–Trinajstić information content (AvgIpc) is 2.30. The Bertz CT molecular complexity index is 447. The predicted octanol–water partition coefficient (Wildman–Crippen LogP) is 1.76. The van der Waals surface area contributed by atoms with Crippen LogP contribution in [0.4, 0.5) is 10.6 Å². The second-order valence-corrected chi connectivity index (χ2v) is 4.14. The van der Waals surface area contributed by atoms with Gasteiger partial charge in [-0.05, 0) is 25.3 Å². The largest absolute Gasteiger partial charge is 0.454 e. The van der Waals surface area contributed by atoms with Gasteiger partial charge in [0.15, 0.2) is 0 Å². The first kappa shape index (κ1) is 14.5. The van der Waals surface area contributed by atoms with E-state index in [0.717, 1.165) is 25.7 Å². The maximum Gasteiger partial charge on any atom is 0.403 e. The number of ether oxygens (including phenoxy) is 1. The maximum atomic E-state index is 11.4. The van der Waals surface area contributed by atoms with Crippen molar-refractivity contribution in [2.75, 3.05) is 12.3 Å². The Morgan fingerprint density at radius 3 is 2.78 bits per heavy atom. The van der Waals surface area contributed by atoms with Crippen LogP contribution in [-0.2, 0) is 11.3 Å². The minimum Gasteiger partial charge on any atom is -0.454 e. The first-order valence-corrected chi connectivity index (χ1v) is 6.12. The number of rotatable bonds is 7. The molecule has 0 spiro atoms. The highest BCUT2D eigenvalue weighted by Crippen LogP contribution is 2.02. The molecule has 1 aromatic rings. The molecule has 18 heavy (non-hydrogen) atoms. The number of nitrogen functional groups attached to an aromatic ring is 1. The van der Waals surface area contributed by atoms with Crippen molar-refractivity contribution >= 4 is 22.8 Å². The smallest absolute Gasteiger partial charge is 0.403 e. The molecule has 100 valence electrons. The van der Waals surface area contributed by atoms with Crippen LogP contribution in [-0.4, -0.2) is 21.6 Å². The minimum absolute atomic E-state index is 0.235. The maximum absolute atomic E-state index is 11.4. The highest BCUT2D eigenvalue weighted by molar-refractivity contribution is 6.61. The number of hydrogen-bond donors (Lipinski definition) is 1. The second-order valence-electron chi connectivity index (χ2n) is 3.83. The molecule has 0 aromatic carbocycles. The van der Waals surface area contributed by atoms with E-state index >= 15 is 0 Å². The molecule has 0 unspecified atom stereocenters. The number of nitrogens with zero attached hydrogens (tertiary/aromatic N) is 2. The van der Waals surface area contributed by atoms with Crippen LogP contribution in [0.15, 0.2) is 17.1 Å². The highest BCUT2D eigenvalue weighted by atomic mass is 35.5. The number of carbonyl (C=O) groups excluding carboxylic acids is 1. The standard InChI is InChI=1S/C11H16ClN3O3/c12-10(16)18-8-4-2-1-3-6-15-7-5-9(13)14-11(15)17/h5,7H,1-4,6,8H2,(H2,13,14,17). The molecule has 0 saturated carbocycles. The van der Waals surface area contributed by atoms with Crippen LogP contribution in [0.3, 0.4) is 0 Å². The molecule has 1 rings (SSSR count). The number of aromatic nitrogens is 2. The van der Waals surface area contributed by atoms with Gasteiger partial charge in [0.1, 0.15) is 5.82 Å². The number of anilines is 1. The zero-order valence-electron chi connectivity index (χ0n) is 9.97. The summed E-state index contributed by atoms with van der Waals surface area (Å²) in [6, 6.07) is 1.60. The Kier molecular flexibility index (Phi) is 6.21.